The molecule has 0 spiro atoms. The number of imidazole rings is 2. The zero-order valence-corrected chi connectivity index (χ0v) is 35.8. The fourth-order valence-electron chi connectivity index (χ4n) is 6.72. The van der Waals surface area contributed by atoms with E-state index in [1.807, 2.05) is 15.2 Å². The van der Waals surface area contributed by atoms with Crippen molar-refractivity contribution in [3.8, 4) is 11.3 Å². The van der Waals surface area contributed by atoms with Crippen LogP contribution < -0.4 is 5.46 Å². The van der Waals surface area contributed by atoms with E-state index in [1.165, 1.54) is 56.7 Å². The first kappa shape index (κ1) is 46.0. The number of aliphatic imine (C=N–C) groups is 1. The number of nitrogens with zero attached hydrogens (tertiary/aromatic N) is 13. The Balaban J connectivity index is 0.000000128. The maximum Gasteiger partial charge on any atom is 0.491 e. The Kier molecular flexibility index (Phi) is 16.6. The first-order valence-corrected chi connectivity index (χ1v) is 21.1. The highest BCUT2D eigenvalue weighted by atomic mass is 35.5. The maximum atomic E-state index is 13.9. The highest BCUT2D eigenvalue weighted by molar-refractivity contribution is 6.58. The van der Waals surface area contributed by atoms with Gasteiger partial charge in [0.25, 0.3) is 0 Å². The van der Waals surface area contributed by atoms with Crippen molar-refractivity contribution in [3.05, 3.63) is 109 Å². The smallest absolute Gasteiger partial charge is 0.491 e. The molecule has 11 heterocycles. The van der Waals surface area contributed by atoms with E-state index in [0.717, 1.165) is 81.6 Å². The van der Waals surface area contributed by atoms with Crippen LogP contribution in [-0.4, -0.2) is 102 Å². The quantitative estimate of drug-likeness (QED) is 0.109. The van der Waals surface area contributed by atoms with Gasteiger partial charge in [0.2, 0.25) is 5.95 Å². The van der Waals surface area contributed by atoms with Crippen LogP contribution in [0.5, 0.6) is 0 Å². The van der Waals surface area contributed by atoms with Crippen LogP contribution in [0.15, 0.2) is 85.8 Å². The lowest BCUT2D eigenvalue weighted by atomic mass is 9.81. The van der Waals surface area contributed by atoms with Crippen molar-refractivity contribution in [1.29, 1.82) is 0 Å². The van der Waals surface area contributed by atoms with Crippen molar-refractivity contribution < 1.29 is 33.0 Å². The third-order valence-electron chi connectivity index (χ3n) is 9.88. The molecule has 4 aliphatic heterocycles. The molecule has 0 amide bonds. The molecular weight excluding hydrogens is 874 g/mol. The van der Waals surface area contributed by atoms with Gasteiger partial charge in [0.1, 0.15) is 59.7 Å². The maximum absolute atomic E-state index is 13.9. The summed E-state index contributed by atoms with van der Waals surface area (Å²) in [6, 6.07) is 4.52. The van der Waals surface area contributed by atoms with Gasteiger partial charge in [-0.1, -0.05) is 23.2 Å². The lowest BCUT2D eigenvalue weighted by molar-refractivity contribution is -0.0299. The van der Waals surface area contributed by atoms with Gasteiger partial charge in [0.05, 0.1) is 43.0 Å². The topological polar surface area (TPSA) is 219 Å². The van der Waals surface area contributed by atoms with Crippen LogP contribution in [0, 0.1) is 11.8 Å². The summed E-state index contributed by atoms with van der Waals surface area (Å²) in [5.74, 6) is -1.27. The minimum absolute atomic E-state index is 0.0321. The predicted molar refractivity (Wildman–Crippen MR) is 234 cm³/mol. The third kappa shape index (κ3) is 11.8. The van der Waals surface area contributed by atoms with Gasteiger partial charge in [0, 0.05) is 43.7 Å². The van der Waals surface area contributed by atoms with Crippen LogP contribution in [-0.2, 0) is 20.6 Å². The average molecular weight is 917 g/mol. The van der Waals surface area contributed by atoms with Crippen LogP contribution in [0.2, 0.25) is 10.3 Å². The minimum atomic E-state index is -1.76. The third-order valence-corrected chi connectivity index (χ3v) is 10.4. The summed E-state index contributed by atoms with van der Waals surface area (Å²) in [6.45, 7) is 2.44. The minimum Gasteiger partial charge on any atom is -0.502 e. The molecule has 4 aliphatic rings. The molecule has 64 heavy (non-hydrogen) atoms. The number of allylic oxidation sites excluding steroid dienone is 1. The zero-order chi connectivity index (χ0) is 44.7. The number of hydrogen-bond acceptors (Lipinski definition) is 16. The molecule has 2 N–H and O–H groups in total. The Morgan fingerprint density at radius 2 is 1.41 bits per heavy atom. The Labute approximate surface area is 375 Å². The standard InChI is InChI=1S/C15H14FN5O.C10H11ClN4O.C6H4ClN3.C5H5BFNO2.C5H8O/c16-14-10(4-3-6-17-14)12-13-15(19-8-18-12)21(9-20-13)11-5-1-2-7-22-11;11-9-8-10(13-5-12-9)15(6-14-8)7-3-1-2-4-16-7;7-6-5-4(1-2-8-5)9-3-10-6;7-5-3-8-2-1-4(5)6(9)10;1-2-4-6-5-3-1/h3-4,6,8-9,11H,1-2,5,7H2;5-7H,1-4H2;2-3H,1H2;1-3,9-10H;2,4H,1,3,5H2. The first-order chi connectivity index (χ1) is 31.3. The summed E-state index contributed by atoms with van der Waals surface area (Å²) in [4.78, 5) is 44.1. The van der Waals surface area contributed by atoms with Crippen molar-refractivity contribution >= 4 is 70.0 Å². The number of pyridine rings is 2. The van der Waals surface area contributed by atoms with E-state index in [4.69, 9.17) is 47.5 Å². The number of fused-ring (bicyclic) bond motifs is 3. The Hall–Kier alpha value is -5.97. The van der Waals surface area contributed by atoms with Crippen molar-refractivity contribution in [2.45, 2.75) is 70.2 Å². The first-order valence-electron chi connectivity index (χ1n) is 20.4. The molecule has 0 saturated carbocycles. The number of aromatic nitrogens is 12. The van der Waals surface area contributed by atoms with Gasteiger partial charge in [-0.25, -0.2) is 49.2 Å². The van der Waals surface area contributed by atoms with Crippen LogP contribution in [0.25, 0.3) is 33.6 Å². The van der Waals surface area contributed by atoms with Crippen LogP contribution in [0.1, 0.15) is 69.5 Å². The average Bonchev–Trinajstić information content (AvgIpc) is 4.12. The molecule has 18 nitrogen and oxygen atoms in total. The second kappa shape index (κ2) is 23.1. The molecular formula is C41H42BCl2F2N13O5. The lowest BCUT2D eigenvalue weighted by Crippen LogP contribution is -2.32. The van der Waals surface area contributed by atoms with E-state index < -0.39 is 18.9 Å². The predicted octanol–water partition coefficient (Wildman–Crippen LogP) is 6.50. The number of hydrogen-bond donors (Lipinski definition) is 2. The number of halogens is 4. The van der Waals surface area contributed by atoms with Gasteiger partial charge in [-0.15, -0.1) is 0 Å². The fourth-order valence-corrected chi connectivity index (χ4v) is 7.10. The molecule has 2 saturated heterocycles. The van der Waals surface area contributed by atoms with Crippen LogP contribution >= 0.6 is 23.2 Å². The summed E-state index contributed by atoms with van der Waals surface area (Å²) in [5, 5.41) is 17.8. The molecule has 0 aromatic carbocycles. The zero-order valence-electron chi connectivity index (χ0n) is 34.2. The Morgan fingerprint density at radius 3 is 1.98 bits per heavy atom. The monoisotopic (exact) mass is 915 g/mol. The van der Waals surface area contributed by atoms with Gasteiger partial charge in [-0.2, -0.15) is 4.39 Å². The van der Waals surface area contributed by atoms with E-state index in [1.54, 1.807) is 37.3 Å². The fraction of sp³-hybridized carbons (Fsp3) is 0.341. The number of ether oxygens (including phenoxy) is 3. The second-order valence-electron chi connectivity index (χ2n) is 14.2. The molecule has 332 valence electrons. The highest BCUT2D eigenvalue weighted by Gasteiger charge is 2.22. The molecule has 7 aromatic heterocycles. The molecule has 11 rings (SSSR count). The molecule has 7 aromatic rings. The van der Waals surface area contributed by atoms with Crippen LogP contribution in [0.3, 0.4) is 0 Å². The second-order valence-corrected chi connectivity index (χ2v) is 14.9. The normalized spacial score (nSPS) is 17.3. The van der Waals surface area contributed by atoms with Gasteiger partial charge in [-0.05, 0) is 75.6 Å². The van der Waals surface area contributed by atoms with E-state index in [0.29, 0.717) is 38.2 Å². The Bertz CT molecular complexity index is 2660. The lowest BCUT2D eigenvalue weighted by Gasteiger charge is -2.23. The van der Waals surface area contributed by atoms with Crippen LogP contribution in [0.4, 0.5) is 14.5 Å². The Morgan fingerprint density at radius 1 is 0.719 bits per heavy atom. The highest BCUT2D eigenvalue weighted by Crippen LogP contribution is 2.31. The van der Waals surface area contributed by atoms with E-state index in [-0.39, 0.29) is 17.9 Å². The van der Waals surface area contributed by atoms with Crippen molar-refractivity contribution in [2.24, 2.45) is 4.99 Å². The largest absolute Gasteiger partial charge is 0.502 e. The van der Waals surface area contributed by atoms with E-state index in [2.05, 4.69) is 54.8 Å². The molecule has 2 unspecified atom stereocenters. The summed E-state index contributed by atoms with van der Waals surface area (Å²) < 4.78 is 46.6. The van der Waals surface area contributed by atoms with E-state index in [9.17, 15) is 8.78 Å². The molecule has 2 fully saturated rings. The summed E-state index contributed by atoms with van der Waals surface area (Å²) in [6.07, 6.45) is 26.5. The molecule has 2 atom stereocenters. The summed E-state index contributed by atoms with van der Waals surface area (Å²) in [7, 11) is -1.76. The summed E-state index contributed by atoms with van der Waals surface area (Å²) >= 11 is 11.6. The summed E-state index contributed by atoms with van der Waals surface area (Å²) in [5.41, 5.74) is 4.85. The van der Waals surface area contributed by atoms with E-state index >= 15 is 0 Å². The van der Waals surface area contributed by atoms with Gasteiger partial charge in [-0.3, -0.25) is 19.1 Å². The molecule has 0 radical (unpaired) electrons. The van der Waals surface area contributed by atoms with Gasteiger partial charge in [0.15, 0.2) is 21.6 Å². The van der Waals surface area contributed by atoms with Crippen molar-refractivity contribution in [3.63, 3.8) is 0 Å². The van der Waals surface area contributed by atoms with Gasteiger partial charge < -0.3 is 24.3 Å². The molecule has 0 aliphatic carbocycles. The van der Waals surface area contributed by atoms with Crippen molar-refractivity contribution in [2.75, 3.05) is 19.8 Å². The van der Waals surface area contributed by atoms with Gasteiger partial charge >= 0.3 is 7.12 Å². The SMILES string of the molecule is C1=COCCC1.Clc1ncnc2c1N=CC2.Clc1ncnc2c1ncn2C1CCCCO1.Fc1ncccc1-c1ncnc2c1ncn2C1CCCCO1.OB(O)c1ccncc1F. The van der Waals surface area contributed by atoms with Crippen molar-refractivity contribution in [1.82, 2.24) is 59.0 Å². The molecule has 0 bridgehead atoms. The molecule has 23 heteroatoms. The number of rotatable bonds is 4.